The van der Waals surface area contributed by atoms with Crippen molar-refractivity contribution in [2.75, 3.05) is 0 Å². The first-order valence-corrected chi connectivity index (χ1v) is 5.12. The monoisotopic (exact) mass is 250 g/mol. The standard InChI is InChI=1S/C10H13F3N2O2/c1-3-7-4-8(10(11,12)13)14-15(7)5-6(2)9(16)17/h4,6H,3,5H2,1-2H3,(H,16,17)/t6-/m1/s1. The Morgan fingerprint density at radius 1 is 1.59 bits per heavy atom. The maximum absolute atomic E-state index is 12.4. The molecule has 0 bridgehead atoms. The summed E-state index contributed by atoms with van der Waals surface area (Å²) in [6, 6.07) is 0.953. The van der Waals surface area contributed by atoms with E-state index in [2.05, 4.69) is 5.10 Å². The van der Waals surface area contributed by atoms with E-state index in [0.29, 0.717) is 12.1 Å². The van der Waals surface area contributed by atoms with E-state index in [1.807, 2.05) is 0 Å². The molecule has 17 heavy (non-hydrogen) atoms. The topological polar surface area (TPSA) is 55.1 Å². The average Bonchev–Trinajstić information content (AvgIpc) is 2.60. The number of nitrogens with zero attached hydrogens (tertiary/aromatic N) is 2. The second-order valence-electron chi connectivity index (χ2n) is 3.79. The Morgan fingerprint density at radius 3 is 2.59 bits per heavy atom. The minimum absolute atomic E-state index is 0.0609. The van der Waals surface area contributed by atoms with Crippen LogP contribution in [0.2, 0.25) is 0 Å². The SMILES string of the molecule is CCc1cc(C(F)(F)F)nn1C[C@@H](C)C(=O)O. The van der Waals surface area contributed by atoms with Crippen LogP contribution in [0.15, 0.2) is 6.07 Å². The van der Waals surface area contributed by atoms with Gasteiger partial charge in [0, 0.05) is 5.69 Å². The summed E-state index contributed by atoms with van der Waals surface area (Å²) in [4.78, 5) is 10.6. The molecule has 0 aromatic carbocycles. The summed E-state index contributed by atoms with van der Waals surface area (Å²) in [5.74, 6) is -1.84. The van der Waals surface area contributed by atoms with Gasteiger partial charge in [-0.3, -0.25) is 9.48 Å². The molecular weight excluding hydrogens is 237 g/mol. The van der Waals surface area contributed by atoms with E-state index >= 15 is 0 Å². The van der Waals surface area contributed by atoms with E-state index in [-0.39, 0.29) is 6.54 Å². The van der Waals surface area contributed by atoms with Gasteiger partial charge in [-0.05, 0) is 12.5 Å². The third-order valence-corrected chi connectivity index (χ3v) is 2.38. The molecule has 7 heteroatoms. The van der Waals surface area contributed by atoms with Crippen LogP contribution in [0.1, 0.15) is 25.2 Å². The van der Waals surface area contributed by atoms with E-state index < -0.39 is 23.8 Å². The number of hydrogen-bond acceptors (Lipinski definition) is 2. The molecule has 96 valence electrons. The van der Waals surface area contributed by atoms with Crippen molar-refractivity contribution < 1.29 is 23.1 Å². The van der Waals surface area contributed by atoms with Crippen LogP contribution in [0, 0.1) is 5.92 Å². The van der Waals surface area contributed by atoms with Crippen molar-refractivity contribution in [2.45, 2.75) is 33.0 Å². The Hall–Kier alpha value is -1.53. The number of aryl methyl sites for hydroxylation is 1. The van der Waals surface area contributed by atoms with Crippen LogP contribution in [-0.2, 0) is 23.9 Å². The molecule has 0 aliphatic heterocycles. The van der Waals surface area contributed by atoms with Gasteiger partial charge in [0.1, 0.15) is 0 Å². The van der Waals surface area contributed by atoms with Crippen molar-refractivity contribution in [1.82, 2.24) is 9.78 Å². The maximum Gasteiger partial charge on any atom is 0.435 e. The number of carboxylic acids is 1. The van der Waals surface area contributed by atoms with Crippen molar-refractivity contribution in [3.05, 3.63) is 17.5 Å². The zero-order valence-electron chi connectivity index (χ0n) is 9.45. The summed E-state index contributed by atoms with van der Waals surface area (Å²) in [5.41, 5.74) is -0.600. The lowest BCUT2D eigenvalue weighted by molar-refractivity contribution is -0.141. The first-order chi connectivity index (χ1) is 7.75. The number of rotatable bonds is 4. The largest absolute Gasteiger partial charge is 0.481 e. The van der Waals surface area contributed by atoms with Gasteiger partial charge in [-0.2, -0.15) is 18.3 Å². The molecule has 0 fully saturated rings. The van der Waals surface area contributed by atoms with E-state index in [9.17, 15) is 18.0 Å². The lowest BCUT2D eigenvalue weighted by Gasteiger charge is -2.09. The first kappa shape index (κ1) is 13.5. The highest BCUT2D eigenvalue weighted by Crippen LogP contribution is 2.28. The number of aliphatic carboxylic acids is 1. The van der Waals surface area contributed by atoms with Crippen molar-refractivity contribution in [3.8, 4) is 0 Å². The highest BCUT2D eigenvalue weighted by atomic mass is 19.4. The van der Waals surface area contributed by atoms with Crippen LogP contribution < -0.4 is 0 Å². The number of alkyl halides is 3. The van der Waals surface area contributed by atoms with Crippen molar-refractivity contribution in [3.63, 3.8) is 0 Å². The summed E-state index contributed by atoms with van der Waals surface area (Å²) in [5, 5.41) is 12.1. The molecule has 1 N–H and O–H groups in total. The molecule has 0 radical (unpaired) electrons. The van der Waals surface area contributed by atoms with E-state index in [1.165, 1.54) is 6.92 Å². The predicted octanol–water partition coefficient (Wildman–Crippen LogP) is 2.18. The molecule has 1 atom stereocenters. The average molecular weight is 250 g/mol. The Bertz CT molecular complexity index is 412. The molecule has 0 aliphatic carbocycles. The summed E-state index contributed by atoms with van der Waals surface area (Å²) >= 11 is 0. The lowest BCUT2D eigenvalue weighted by atomic mass is 10.2. The normalized spacial score (nSPS) is 13.7. The van der Waals surface area contributed by atoms with E-state index in [0.717, 1.165) is 10.7 Å². The van der Waals surface area contributed by atoms with Gasteiger partial charge in [0.25, 0.3) is 0 Å². The number of hydrogen-bond donors (Lipinski definition) is 1. The summed E-state index contributed by atoms with van der Waals surface area (Å²) in [6.07, 6.45) is -4.13. The molecule has 0 spiro atoms. The molecule has 0 saturated heterocycles. The van der Waals surface area contributed by atoms with Gasteiger partial charge in [0.05, 0.1) is 12.5 Å². The van der Waals surface area contributed by atoms with Gasteiger partial charge in [-0.1, -0.05) is 13.8 Å². The Morgan fingerprint density at radius 2 is 2.18 bits per heavy atom. The van der Waals surface area contributed by atoms with Crippen LogP contribution in [0.4, 0.5) is 13.2 Å². The molecule has 4 nitrogen and oxygen atoms in total. The highest BCUT2D eigenvalue weighted by Gasteiger charge is 2.34. The second kappa shape index (κ2) is 4.77. The molecule has 1 aromatic heterocycles. The van der Waals surface area contributed by atoms with E-state index in [4.69, 9.17) is 5.11 Å². The molecule has 0 amide bonds. The summed E-state index contributed by atoms with van der Waals surface area (Å²) in [6.45, 7) is 3.06. The zero-order valence-corrected chi connectivity index (χ0v) is 9.45. The molecule has 1 aromatic rings. The van der Waals surface area contributed by atoms with Crippen molar-refractivity contribution >= 4 is 5.97 Å². The van der Waals surface area contributed by atoms with Crippen LogP contribution in [0.3, 0.4) is 0 Å². The van der Waals surface area contributed by atoms with Crippen molar-refractivity contribution in [2.24, 2.45) is 5.92 Å². The third-order valence-electron chi connectivity index (χ3n) is 2.38. The van der Waals surface area contributed by atoms with Gasteiger partial charge < -0.3 is 5.11 Å². The van der Waals surface area contributed by atoms with Crippen molar-refractivity contribution in [1.29, 1.82) is 0 Å². The van der Waals surface area contributed by atoms with Gasteiger partial charge in [0.15, 0.2) is 5.69 Å². The fraction of sp³-hybridized carbons (Fsp3) is 0.600. The Kier molecular flexibility index (Phi) is 3.79. The Labute approximate surface area is 96.0 Å². The molecule has 0 aliphatic rings. The maximum atomic E-state index is 12.4. The summed E-state index contributed by atoms with van der Waals surface area (Å²) in [7, 11) is 0. The van der Waals surface area contributed by atoms with Crippen LogP contribution in [0.25, 0.3) is 0 Å². The van der Waals surface area contributed by atoms with Gasteiger partial charge in [-0.15, -0.1) is 0 Å². The minimum atomic E-state index is -4.50. The Balaban J connectivity index is 2.99. The van der Waals surface area contributed by atoms with Gasteiger partial charge in [-0.25, -0.2) is 0 Å². The van der Waals surface area contributed by atoms with Crippen LogP contribution in [0.5, 0.6) is 0 Å². The van der Waals surface area contributed by atoms with Gasteiger partial charge in [0.2, 0.25) is 0 Å². The molecule has 1 heterocycles. The fourth-order valence-corrected chi connectivity index (χ4v) is 1.37. The first-order valence-electron chi connectivity index (χ1n) is 5.12. The molecule has 0 unspecified atom stereocenters. The predicted molar refractivity (Wildman–Crippen MR) is 53.4 cm³/mol. The molecular formula is C10H13F3N2O2. The highest BCUT2D eigenvalue weighted by molar-refractivity contribution is 5.69. The molecule has 1 rings (SSSR count). The smallest absolute Gasteiger partial charge is 0.435 e. The number of halogens is 3. The quantitative estimate of drug-likeness (QED) is 0.891. The van der Waals surface area contributed by atoms with Crippen LogP contribution >= 0.6 is 0 Å². The fourth-order valence-electron chi connectivity index (χ4n) is 1.37. The summed E-state index contributed by atoms with van der Waals surface area (Å²) < 4.78 is 38.4. The second-order valence-corrected chi connectivity index (χ2v) is 3.79. The lowest BCUT2D eigenvalue weighted by Crippen LogP contribution is -2.19. The number of aromatic nitrogens is 2. The number of carbonyl (C=O) groups is 1. The van der Waals surface area contributed by atoms with E-state index in [1.54, 1.807) is 6.92 Å². The molecule has 0 saturated carbocycles. The van der Waals surface area contributed by atoms with Gasteiger partial charge >= 0.3 is 12.1 Å². The number of carboxylic acid groups (broad SMARTS) is 1. The van der Waals surface area contributed by atoms with Crippen LogP contribution in [-0.4, -0.2) is 20.9 Å². The zero-order chi connectivity index (χ0) is 13.2. The minimum Gasteiger partial charge on any atom is -0.481 e. The third kappa shape index (κ3) is 3.21.